The molecule has 0 radical (unpaired) electrons. The molecule has 2 heterocycles. The van der Waals surface area contributed by atoms with Crippen LogP contribution in [0.15, 0.2) is 53.9 Å². The van der Waals surface area contributed by atoms with E-state index in [0.717, 1.165) is 27.7 Å². The Hall–Kier alpha value is -1.49. The molecular formula is C17H15Cl2N3S. The summed E-state index contributed by atoms with van der Waals surface area (Å²) in [5.41, 5.74) is 1.95. The smallest absolute Gasteiger partial charge is 0.143 e. The van der Waals surface area contributed by atoms with Crippen LogP contribution in [0.2, 0.25) is 10.0 Å². The van der Waals surface area contributed by atoms with Crippen LogP contribution < -0.4 is 0 Å². The topological polar surface area (TPSA) is 30.7 Å². The minimum Gasteiger partial charge on any atom is -0.325 e. The van der Waals surface area contributed by atoms with Gasteiger partial charge in [-0.2, -0.15) is 0 Å². The minimum absolute atomic E-state index is 0.612. The average Bonchev–Trinajstić information content (AvgIpc) is 2.95. The summed E-state index contributed by atoms with van der Waals surface area (Å²) in [5.74, 6) is 1.85. The first-order valence-corrected chi connectivity index (χ1v) is 8.96. The van der Waals surface area contributed by atoms with Crippen molar-refractivity contribution in [2.75, 3.05) is 5.75 Å². The van der Waals surface area contributed by atoms with Gasteiger partial charge in [-0.1, -0.05) is 30.1 Å². The van der Waals surface area contributed by atoms with Crippen molar-refractivity contribution in [2.24, 2.45) is 0 Å². The van der Waals surface area contributed by atoms with Crippen LogP contribution in [-0.2, 0) is 6.54 Å². The number of thioether (sulfide) groups is 1. The van der Waals surface area contributed by atoms with E-state index in [1.807, 2.05) is 36.7 Å². The van der Waals surface area contributed by atoms with E-state index in [9.17, 15) is 0 Å². The van der Waals surface area contributed by atoms with Crippen LogP contribution in [0.5, 0.6) is 0 Å². The Morgan fingerprint density at radius 1 is 1.22 bits per heavy atom. The molecule has 0 aliphatic carbocycles. The van der Waals surface area contributed by atoms with Crippen molar-refractivity contribution in [1.82, 2.24) is 14.5 Å². The number of pyridine rings is 1. The zero-order valence-corrected chi connectivity index (χ0v) is 14.9. The predicted molar refractivity (Wildman–Crippen MR) is 97.4 cm³/mol. The lowest BCUT2D eigenvalue weighted by Crippen LogP contribution is -2.02. The second-order valence-corrected chi connectivity index (χ2v) is 7.07. The van der Waals surface area contributed by atoms with Gasteiger partial charge in [0, 0.05) is 34.2 Å². The van der Waals surface area contributed by atoms with Crippen molar-refractivity contribution in [3.63, 3.8) is 0 Å². The molecule has 6 heteroatoms. The molecule has 3 aromatic rings. The summed E-state index contributed by atoms with van der Waals surface area (Å²) in [6, 6.07) is 9.42. The van der Waals surface area contributed by atoms with Gasteiger partial charge in [0.05, 0.1) is 6.54 Å². The van der Waals surface area contributed by atoms with Gasteiger partial charge >= 0.3 is 0 Å². The van der Waals surface area contributed by atoms with Gasteiger partial charge in [-0.3, -0.25) is 4.98 Å². The van der Waals surface area contributed by atoms with Gasteiger partial charge in [0.25, 0.3) is 0 Å². The van der Waals surface area contributed by atoms with Gasteiger partial charge in [0.15, 0.2) is 0 Å². The largest absolute Gasteiger partial charge is 0.325 e. The second-order valence-electron chi connectivity index (χ2n) is 4.94. The third-order valence-corrected chi connectivity index (χ3v) is 4.70. The second kappa shape index (κ2) is 7.39. The molecule has 2 aromatic heterocycles. The summed E-state index contributed by atoms with van der Waals surface area (Å²) in [6.45, 7) is 2.72. The lowest BCUT2D eigenvalue weighted by Gasteiger charge is -2.09. The SMILES string of the molecule is CCSc1cn(Cc2cc(Cl)ccc2Cl)c(-c2cccnc2)n1. The van der Waals surface area contributed by atoms with Crippen molar-refractivity contribution in [3.05, 3.63) is 64.5 Å². The van der Waals surface area contributed by atoms with E-state index in [-0.39, 0.29) is 0 Å². The number of imidazole rings is 1. The van der Waals surface area contributed by atoms with E-state index in [2.05, 4.69) is 16.5 Å². The molecule has 0 saturated carbocycles. The maximum absolute atomic E-state index is 6.30. The predicted octanol–water partition coefficient (Wildman–Crippen LogP) is 5.41. The number of halogens is 2. The molecule has 23 heavy (non-hydrogen) atoms. The van der Waals surface area contributed by atoms with Crippen LogP contribution in [0.1, 0.15) is 12.5 Å². The van der Waals surface area contributed by atoms with E-state index in [0.29, 0.717) is 16.6 Å². The van der Waals surface area contributed by atoms with Gasteiger partial charge in [0.2, 0.25) is 0 Å². The third kappa shape index (κ3) is 3.89. The highest BCUT2D eigenvalue weighted by molar-refractivity contribution is 7.99. The van der Waals surface area contributed by atoms with E-state index in [4.69, 9.17) is 28.2 Å². The van der Waals surface area contributed by atoms with Crippen LogP contribution in [0.4, 0.5) is 0 Å². The maximum Gasteiger partial charge on any atom is 0.143 e. The maximum atomic E-state index is 6.30. The first-order valence-electron chi connectivity index (χ1n) is 7.21. The molecule has 0 aliphatic rings. The number of nitrogens with zero attached hydrogens (tertiary/aromatic N) is 3. The van der Waals surface area contributed by atoms with Crippen molar-refractivity contribution < 1.29 is 0 Å². The standard InChI is InChI=1S/C17H15Cl2N3S/c1-2-23-16-11-22(10-13-8-14(18)5-6-15(13)19)17(21-16)12-4-3-7-20-9-12/h3-9,11H,2,10H2,1H3. The molecule has 0 unspecified atom stereocenters. The van der Waals surface area contributed by atoms with Crippen LogP contribution >= 0.6 is 35.0 Å². The molecule has 1 aromatic carbocycles. The van der Waals surface area contributed by atoms with Crippen molar-refractivity contribution in [2.45, 2.75) is 18.5 Å². The first kappa shape index (κ1) is 16.4. The summed E-state index contributed by atoms with van der Waals surface area (Å²) >= 11 is 14.1. The molecule has 0 N–H and O–H groups in total. The van der Waals surface area contributed by atoms with Gasteiger partial charge in [0.1, 0.15) is 10.9 Å². The Labute approximate surface area is 149 Å². The van der Waals surface area contributed by atoms with Gasteiger partial charge in [-0.25, -0.2) is 4.98 Å². The van der Waals surface area contributed by atoms with Crippen LogP contribution in [0.3, 0.4) is 0 Å². The Morgan fingerprint density at radius 2 is 2.09 bits per heavy atom. The number of hydrogen-bond acceptors (Lipinski definition) is 3. The summed E-state index contributed by atoms with van der Waals surface area (Å²) in [7, 11) is 0. The molecule has 0 aliphatic heterocycles. The molecule has 3 nitrogen and oxygen atoms in total. The average molecular weight is 364 g/mol. The number of benzene rings is 1. The van der Waals surface area contributed by atoms with Gasteiger partial charge < -0.3 is 4.57 Å². The summed E-state index contributed by atoms with van der Waals surface area (Å²) in [6.07, 6.45) is 5.62. The summed E-state index contributed by atoms with van der Waals surface area (Å²) < 4.78 is 2.09. The highest BCUT2D eigenvalue weighted by atomic mass is 35.5. The molecule has 0 fully saturated rings. The van der Waals surface area contributed by atoms with E-state index in [1.165, 1.54) is 0 Å². The Balaban J connectivity index is 2.02. The Morgan fingerprint density at radius 3 is 2.83 bits per heavy atom. The molecule has 0 bridgehead atoms. The number of aromatic nitrogens is 3. The third-order valence-electron chi connectivity index (χ3n) is 3.31. The van der Waals surface area contributed by atoms with E-state index < -0.39 is 0 Å². The van der Waals surface area contributed by atoms with Crippen molar-refractivity contribution in [1.29, 1.82) is 0 Å². The normalized spacial score (nSPS) is 10.9. The van der Waals surface area contributed by atoms with Crippen molar-refractivity contribution in [3.8, 4) is 11.4 Å². The lowest BCUT2D eigenvalue weighted by atomic mass is 10.2. The Bertz CT molecular complexity index is 803. The monoisotopic (exact) mass is 363 g/mol. The highest BCUT2D eigenvalue weighted by Gasteiger charge is 2.12. The fourth-order valence-corrected chi connectivity index (χ4v) is 3.32. The van der Waals surface area contributed by atoms with E-state index in [1.54, 1.807) is 24.0 Å². The Kier molecular flexibility index (Phi) is 5.26. The van der Waals surface area contributed by atoms with Gasteiger partial charge in [-0.05, 0) is 41.6 Å². The summed E-state index contributed by atoms with van der Waals surface area (Å²) in [5, 5.41) is 2.37. The molecule has 0 saturated heterocycles. The quantitative estimate of drug-likeness (QED) is 0.567. The van der Waals surface area contributed by atoms with Crippen molar-refractivity contribution >= 4 is 35.0 Å². The molecule has 0 atom stereocenters. The fraction of sp³-hybridized carbons (Fsp3) is 0.176. The zero-order chi connectivity index (χ0) is 16.2. The van der Waals surface area contributed by atoms with Crippen LogP contribution in [-0.4, -0.2) is 20.3 Å². The minimum atomic E-state index is 0.612. The molecule has 118 valence electrons. The molecule has 3 rings (SSSR count). The van der Waals surface area contributed by atoms with Crippen LogP contribution in [0.25, 0.3) is 11.4 Å². The molecular weight excluding hydrogens is 349 g/mol. The highest BCUT2D eigenvalue weighted by Crippen LogP contribution is 2.27. The number of rotatable bonds is 5. The molecule has 0 amide bonds. The molecule has 0 spiro atoms. The van der Waals surface area contributed by atoms with Crippen LogP contribution in [0, 0.1) is 0 Å². The van der Waals surface area contributed by atoms with E-state index >= 15 is 0 Å². The lowest BCUT2D eigenvalue weighted by molar-refractivity contribution is 0.805. The summed E-state index contributed by atoms with van der Waals surface area (Å²) in [4.78, 5) is 8.92. The zero-order valence-electron chi connectivity index (χ0n) is 12.5. The van der Waals surface area contributed by atoms with Gasteiger partial charge in [-0.15, -0.1) is 11.8 Å². The fourth-order valence-electron chi connectivity index (χ4n) is 2.30. The first-order chi connectivity index (χ1) is 11.2. The number of hydrogen-bond donors (Lipinski definition) is 0.